The van der Waals surface area contributed by atoms with Crippen molar-refractivity contribution >= 4 is 27.7 Å². The van der Waals surface area contributed by atoms with Gasteiger partial charge in [-0.2, -0.15) is 0 Å². The predicted molar refractivity (Wildman–Crippen MR) is 95.3 cm³/mol. The summed E-state index contributed by atoms with van der Waals surface area (Å²) < 4.78 is 6.05. The van der Waals surface area contributed by atoms with Crippen LogP contribution in [0, 0.1) is 5.92 Å². The standard InChI is InChI=1S/C21H21NO2/c23-20(13-11-14-5-3-6-15(12-13)22-14)18-9-4-8-17-16-7-1-2-10-19(16)24-21(17)18/h1-2,4,7-10,13-15,22H,3,5-6,11-12H2. The van der Waals surface area contributed by atoms with Crippen LogP contribution in [0.5, 0.6) is 0 Å². The molecule has 3 nitrogen and oxygen atoms in total. The molecule has 3 heteroatoms. The van der Waals surface area contributed by atoms with E-state index in [1.807, 2.05) is 30.3 Å². The van der Waals surface area contributed by atoms with E-state index in [1.54, 1.807) is 0 Å². The van der Waals surface area contributed by atoms with Crippen molar-refractivity contribution in [3.05, 3.63) is 48.0 Å². The Morgan fingerprint density at radius 1 is 0.958 bits per heavy atom. The lowest BCUT2D eigenvalue weighted by Crippen LogP contribution is -2.50. The van der Waals surface area contributed by atoms with Crippen LogP contribution in [0.4, 0.5) is 0 Å². The van der Waals surface area contributed by atoms with Crippen molar-refractivity contribution in [3.8, 4) is 0 Å². The fraction of sp³-hybridized carbons (Fsp3) is 0.381. The largest absolute Gasteiger partial charge is 0.455 e. The van der Waals surface area contributed by atoms with Crippen LogP contribution in [0.3, 0.4) is 0 Å². The zero-order valence-electron chi connectivity index (χ0n) is 13.6. The molecular weight excluding hydrogens is 298 g/mol. The van der Waals surface area contributed by atoms with Crippen LogP contribution in [-0.4, -0.2) is 17.9 Å². The van der Waals surface area contributed by atoms with Crippen molar-refractivity contribution in [2.45, 2.75) is 44.2 Å². The number of rotatable bonds is 2. The van der Waals surface area contributed by atoms with Crippen molar-refractivity contribution in [1.29, 1.82) is 0 Å². The molecule has 5 rings (SSSR count). The monoisotopic (exact) mass is 319 g/mol. The van der Waals surface area contributed by atoms with E-state index in [4.69, 9.17) is 4.42 Å². The highest BCUT2D eigenvalue weighted by atomic mass is 16.3. The third-order valence-corrected chi connectivity index (χ3v) is 5.76. The summed E-state index contributed by atoms with van der Waals surface area (Å²) in [5.41, 5.74) is 2.37. The summed E-state index contributed by atoms with van der Waals surface area (Å²) >= 11 is 0. The van der Waals surface area contributed by atoms with Crippen molar-refractivity contribution in [2.24, 2.45) is 5.92 Å². The van der Waals surface area contributed by atoms with E-state index < -0.39 is 0 Å². The van der Waals surface area contributed by atoms with Gasteiger partial charge in [-0.25, -0.2) is 0 Å². The van der Waals surface area contributed by atoms with E-state index in [-0.39, 0.29) is 11.7 Å². The number of fused-ring (bicyclic) bond motifs is 5. The Balaban J connectivity index is 1.57. The highest BCUT2D eigenvalue weighted by Gasteiger charge is 2.35. The Morgan fingerprint density at radius 3 is 2.54 bits per heavy atom. The molecule has 0 saturated carbocycles. The summed E-state index contributed by atoms with van der Waals surface area (Å²) in [4.78, 5) is 13.2. The van der Waals surface area contributed by atoms with Gasteiger partial charge in [0.05, 0.1) is 5.56 Å². The number of benzene rings is 2. The molecule has 2 unspecified atom stereocenters. The third-order valence-electron chi connectivity index (χ3n) is 5.76. The first-order chi connectivity index (χ1) is 11.8. The van der Waals surface area contributed by atoms with Gasteiger partial charge in [0.1, 0.15) is 11.2 Å². The van der Waals surface area contributed by atoms with E-state index in [0.717, 1.165) is 40.3 Å². The maximum atomic E-state index is 13.2. The molecule has 0 amide bonds. The average molecular weight is 319 g/mol. The molecule has 2 saturated heterocycles. The molecule has 3 aromatic rings. The second kappa shape index (κ2) is 5.45. The molecule has 2 aromatic carbocycles. The van der Waals surface area contributed by atoms with Crippen LogP contribution in [0.25, 0.3) is 21.9 Å². The smallest absolute Gasteiger partial charge is 0.169 e. The van der Waals surface area contributed by atoms with Gasteiger partial charge in [0.15, 0.2) is 5.78 Å². The summed E-state index contributed by atoms with van der Waals surface area (Å²) in [6, 6.07) is 15.0. The number of ketones is 1. The zero-order chi connectivity index (χ0) is 16.1. The average Bonchev–Trinajstić information content (AvgIpc) is 2.99. The molecule has 24 heavy (non-hydrogen) atoms. The van der Waals surface area contributed by atoms with Gasteiger partial charge < -0.3 is 9.73 Å². The van der Waals surface area contributed by atoms with Crippen molar-refractivity contribution in [2.75, 3.05) is 0 Å². The number of nitrogens with one attached hydrogen (secondary N) is 1. The fourth-order valence-electron chi connectivity index (χ4n) is 4.64. The Morgan fingerprint density at radius 2 is 1.71 bits per heavy atom. The number of piperidine rings is 2. The summed E-state index contributed by atoms with van der Waals surface area (Å²) in [6.45, 7) is 0. The third kappa shape index (κ3) is 2.19. The maximum absolute atomic E-state index is 13.2. The summed E-state index contributed by atoms with van der Waals surface area (Å²) in [5, 5.41) is 5.81. The molecular formula is C21H21NO2. The zero-order valence-corrected chi connectivity index (χ0v) is 13.6. The van der Waals surface area contributed by atoms with Gasteiger partial charge in [-0.15, -0.1) is 0 Å². The molecule has 0 spiro atoms. The Bertz CT molecular complexity index is 914. The second-order valence-electron chi connectivity index (χ2n) is 7.30. The molecule has 2 atom stereocenters. The minimum atomic E-state index is 0.125. The lowest BCUT2D eigenvalue weighted by molar-refractivity contribution is 0.0826. The lowest BCUT2D eigenvalue weighted by atomic mass is 9.77. The van der Waals surface area contributed by atoms with E-state index in [9.17, 15) is 4.79 Å². The van der Waals surface area contributed by atoms with Crippen LogP contribution in [0.15, 0.2) is 46.9 Å². The minimum Gasteiger partial charge on any atom is -0.455 e. The van der Waals surface area contributed by atoms with E-state index in [1.165, 1.54) is 19.3 Å². The van der Waals surface area contributed by atoms with Crippen LogP contribution in [0.1, 0.15) is 42.5 Å². The van der Waals surface area contributed by atoms with E-state index in [2.05, 4.69) is 17.4 Å². The number of carbonyl (C=O) groups is 1. The number of hydrogen-bond donors (Lipinski definition) is 1. The van der Waals surface area contributed by atoms with Crippen LogP contribution < -0.4 is 5.32 Å². The fourth-order valence-corrected chi connectivity index (χ4v) is 4.64. The van der Waals surface area contributed by atoms with Crippen LogP contribution in [-0.2, 0) is 0 Å². The normalized spacial score (nSPS) is 26.8. The molecule has 0 radical (unpaired) electrons. The van der Waals surface area contributed by atoms with Crippen LogP contribution in [0.2, 0.25) is 0 Å². The van der Waals surface area contributed by atoms with E-state index >= 15 is 0 Å². The van der Waals surface area contributed by atoms with E-state index in [0.29, 0.717) is 12.1 Å². The maximum Gasteiger partial charge on any atom is 0.169 e. The summed E-state index contributed by atoms with van der Waals surface area (Å²) in [7, 11) is 0. The van der Waals surface area contributed by atoms with Gasteiger partial charge in [-0.1, -0.05) is 36.8 Å². The highest BCUT2D eigenvalue weighted by Crippen LogP contribution is 2.35. The molecule has 0 aliphatic carbocycles. The minimum absolute atomic E-state index is 0.125. The van der Waals surface area contributed by atoms with Gasteiger partial charge in [-0.05, 0) is 37.8 Å². The van der Waals surface area contributed by atoms with Crippen LogP contribution >= 0.6 is 0 Å². The predicted octanol–water partition coefficient (Wildman–Crippen LogP) is 4.69. The van der Waals surface area contributed by atoms with Gasteiger partial charge in [0, 0.05) is 28.8 Å². The lowest BCUT2D eigenvalue weighted by Gasteiger charge is -2.39. The molecule has 2 aliphatic rings. The molecule has 122 valence electrons. The number of furan rings is 1. The topological polar surface area (TPSA) is 42.2 Å². The molecule has 1 N–H and O–H groups in total. The number of carbonyl (C=O) groups excluding carboxylic acids is 1. The van der Waals surface area contributed by atoms with Gasteiger partial charge in [-0.3, -0.25) is 4.79 Å². The quantitative estimate of drug-likeness (QED) is 0.697. The van der Waals surface area contributed by atoms with Gasteiger partial charge in [0.2, 0.25) is 0 Å². The Hall–Kier alpha value is -2.13. The molecule has 2 aliphatic heterocycles. The molecule has 1 aromatic heterocycles. The van der Waals surface area contributed by atoms with Gasteiger partial charge >= 0.3 is 0 Å². The van der Waals surface area contributed by atoms with Crippen molar-refractivity contribution < 1.29 is 9.21 Å². The highest BCUT2D eigenvalue weighted by molar-refractivity contribution is 6.14. The number of Topliss-reactive ketones (excluding diaryl/α,β-unsaturated/α-hetero) is 1. The molecule has 2 fully saturated rings. The molecule has 2 bridgehead atoms. The van der Waals surface area contributed by atoms with Crippen molar-refractivity contribution in [3.63, 3.8) is 0 Å². The van der Waals surface area contributed by atoms with Gasteiger partial charge in [0.25, 0.3) is 0 Å². The number of para-hydroxylation sites is 2. The summed E-state index contributed by atoms with van der Waals surface area (Å²) in [6.07, 6.45) is 5.63. The number of hydrogen-bond acceptors (Lipinski definition) is 3. The first kappa shape index (κ1) is 14.2. The first-order valence-corrected chi connectivity index (χ1v) is 9.00. The SMILES string of the molecule is O=C(c1cccc2c1oc1ccccc12)C1CC2CCCC(C1)N2. The Labute approximate surface area is 141 Å². The summed E-state index contributed by atoms with van der Waals surface area (Å²) in [5.74, 6) is 0.387. The Kier molecular flexibility index (Phi) is 3.23. The molecule has 3 heterocycles. The van der Waals surface area contributed by atoms with Crippen molar-refractivity contribution in [1.82, 2.24) is 5.32 Å². The second-order valence-corrected chi connectivity index (χ2v) is 7.30. The first-order valence-electron chi connectivity index (χ1n) is 9.00.